The summed E-state index contributed by atoms with van der Waals surface area (Å²) in [4.78, 5) is 27.5. The van der Waals surface area contributed by atoms with Crippen LogP contribution in [0.5, 0.6) is 0 Å². The molecule has 4 atom stereocenters. The number of carbonyl (C=O) groups excluding carboxylic acids is 2. The van der Waals surface area contributed by atoms with Gasteiger partial charge in [0.2, 0.25) is 11.6 Å². The van der Waals surface area contributed by atoms with Gasteiger partial charge < -0.3 is 4.90 Å². The Morgan fingerprint density at radius 2 is 1.78 bits per heavy atom. The third-order valence-electron chi connectivity index (χ3n) is 8.76. The number of Topliss-reactive ketones (excluding diaryl/α,β-unsaturated/α-hetero) is 1. The highest BCUT2D eigenvalue weighted by atomic mass is 19.4. The lowest BCUT2D eigenvalue weighted by Crippen LogP contribution is -2.51. The molecule has 3 nitrogen and oxygen atoms in total. The van der Waals surface area contributed by atoms with Gasteiger partial charge in [-0.05, 0) is 79.8 Å². The van der Waals surface area contributed by atoms with Crippen molar-refractivity contribution < 1.29 is 31.5 Å². The molecule has 3 aliphatic rings. The van der Waals surface area contributed by atoms with Crippen LogP contribution in [0, 0.1) is 11.7 Å². The lowest BCUT2D eigenvalue weighted by Gasteiger charge is -2.44. The minimum Gasteiger partial charge on any atom is -0.339 e. The summed E-state index contributed by atoms with van der Waals surface area (Å²) in [5.74, 6) is -0.647. The molecule has 1 unspecified atom stereocenters. The molecule has 198 valence electrons. The minimum atomic E-state index is -5.04. The smallest absolute Gasteiger partial charge is 0.339 e. The normalized spacial score (nSPS) is 27.4. The first kappa shape index (κ1) is 25.9. The highest BCUT2D eigenvalue weighted by Gasteiger charge is 2.56. The second-order valence-corrected chi connectivity index (χ2v) is 11.0. The molecule has 0 radical (unpaired) electrons. The van der Waals surface area contributed by atoms with Crippen molar-refractivity contribution in [3.05, 3.63) is 70.5 Å². The second kappa shape index (κ2) is 9.21. The highest BCUT2D eigenvalue weighted by Crippen LogP contribution is 2.51. The monoisotopic (exact) mass is 519 g/mol. The number of amides is 1. The Hall–Kier alpha value is -2.77. The van der Waals surface area contributed by atoms with Crippen molar-refractivity contribution in [1.82, 2.24) is 4.90 Å². The Morgan fingerprint density at radius 3 is 2.46 bits per heavy atom. The lowest BCUT2D eigenvalue weighted by molar-refractivity contribution is -0.228. The molecule has 1 heterocycles. The quantitative estimate of drug-likeness (QED) is 0.441. The summed E-state index contributed by atoms with van der Waals surface area (Å²) in [6.07, 6.45) is -0.920. The number of carbonyl (C=O) groups is 2. The zero-order chi connectivity index (χ0) is 26.6. The number of benzene rings is 2. The van der Waals surface area contributed by atoms with Gasteiger partial charge in [-0.25, -0.2) is 8.78 Å². The molecule has 0 N–H and O–H groups in total. The van der Waals surface area contributed by atoms with Gasteiger partial charge in [0.05, 0.1) is 0 Å². The Balaban J connectivity index is 1.54. The van der Waals surface area contributed by atoms with E-state index in [9.17, 15) is 31.5 Å². The van der Waals surface area contributed by atoms with Crippen molar-refractivity contribution in [2.24, 2.45) is 5.92 Å². The number of fused-ring (bicyclic) bond motifs is 3. The third-order valence-corrected chi connectivity index (χ3v) is 8.76. The van der Waals surface area contributed by atoms with Crippen LogP contribution in [-0.4, -0.2) is 35.4 Å². The fraction of sp³-hybridized carbons (Fsp3) is 0.517. The molecule has 2 aliphatic carbocycles. The molecule has 37 heavy (non-hydrogen) atoms. The van der Waals surface area contributed by atoms with E-state index in [1.165, 1.54) is 24.3 Å². The van der Waals surface area contributed by atoms with Crippen LogP contribution in [0.3, 0.4) is 0 Å². The van der Waals surface area contributed by atoms with E-state index in [-0.39, 0.29) is 35.9 Å². The van der Waals surface area contributed by atoms with E-state index in [4.69, 9.17) is 0 Å². The van der Waals surface area contributed by atoms with Gasteiger partial charge >= 0.3 is 6.18 Å². The van der Waals surface area contributed by atoms with Gasteiger partial charge in [0.1, 0.15) is 11.6 Å². The van der Waals surface area contributed by atoms with Crippen LogP contribution in [-0.2, 0) is 33.5 Å². The number of hydrogen-bond donors (Lipinski definition) is 0. The number of likely N-dealkylation sites (tertiary alicyclic amines) is 1. The average Bonchev–Trinajstić information content (AvgIpc) is 3.23. The summed E-state index contributed by atoms with van der Waals surface area (Å²) < 4.78 is 68.7. The molecule has 1 saturated carbocycles. The van der Waals surface area contributed by atoms with Gasteiger partial charge in [-0.3, -0.25) is 9.59 Å². The van der Waals surface area contributed by atoms with E-state index < -0.39 is 22.8 Å². The van der Waals surface area contributed by atoms with E-state index in [0.717, 1.165) is 11.1 Å². The standard InChI is InChI=1S/C29H30F5NO2/c1-27(31,29(32,33)34)21-8-11-24-19(15-21)7-12-25-28(24,17-18-5-9-22(30)10-6-18)13-14-35(25)26(37)20-3-2-4-23(36)16-20/h5-6,8-11,15,20,25H,2-4,7,12-14,16-17H2,1H3/t20-,25-,27?,28-/m1/s1. The van der Waals surface area contributed by atoms with Crippen molar-refractivity contribution in [3.63, 3.8) is 0 Å². The average molecular weight is 520 g/mol. The Morgan fingerprint density at radius 1 is 1.05 bits per heavy atom. The van der Waals surface area contributed by atoms with E-state index in [1.54, 1.807) is 18.2 Å². The van der Waals surface area contributed by atoms with E-state index in [2.05, 4.69) is 0 Å². The maximum Gasteiger partial charge on any atom is 0.426 e. The minimum absolute atomic E-state index is 0.0347. The molecule has 2 aromatic carbocycles. The van der Waals surface area contributed by atoms with E-state index in [0.29, 0.717) is 64.0 Å². The van der Waals surface area contributed by atoms with Crippen molar-refractivity contribution in [2.75, 3.05) is 6.54 Å². The zero-order valence-electron chi connectivity index (χ0n) is 20.7. The summed E-state index contributed by atoms with van der Waals surface area (Å²) >= 11 is 0. The van der Waals surface area contributed by atoms with Crippen LogP contribution in [0.25, 0.3) is 0 Å². The van der Waals surface area contributed by atoms with Crippen LogP contribution >= 0.6 is 0 Å². The first-order chi connectivity index (χ1) is 17.4. The van der Waals surface area contributed by atoms with Gasteiger partial charge in [-0.1, -0.05) is 30.3 Å². The predicted octanol–water partition coefficient (Wildman–Crippen LogP) is 6.36. The lowest BCUT2D eigenvalue weighted by atomic mass is 9.63. The van der Waals surface area contributed by atoms with Gasteiger partial charge in [0, 0.05) is 36.8 Å². The number of halogens is 5. The van der Waals surface area contributed by atoms with Crippen molar-refractivity contribution in [2.45, 2.75) is 81.6 Å². The summed E-state index contributed by atoms with van der Waals surface area (Å²) in [7, 11) is 0. The fourth-order valence-corrected chi connectivity index (χ4v) is 6.72. The van der Waals surface area contributed by atoms with Crippen LogP contribution < -0.4 is 0 Å². The molecule has 2 fully saturated rings. The Labute approximate surface area is 213 Å². The molecule has 0 spiro atoms. The van der Waals surface area contributed by atoms with Crippen molar-refractivity contribution >= 4 is 11.7 Å². The van der Waals surface area contributed by atoms with Gasteiger partial charge in [0.25, 0.3) is 0 Å². The molecule has 0 aromatic heterocycles. The van der Waals surface area contributed by atoms with Gasteiger partial charge in [-0.2, -0.15) is 13.2 Å². The number of ketones is 1. The molecular formula is C29H30F5NO2. The maximum absolute atomic E-state index is 14.8. The molecular weight excluding hydrogens is 489 g/mol. The molecule has 0 bridgehead atoms. The van der Waals surface area contributed by atoms with E-state index >= 15 is 0 Å². The van der Waals surface area contributed by atoms with Crippen molar-refractivity contribution in [3.8, 4) is 0 Å². The third kappa shape index (κ3) is 4.46. The second-order valence-electron chi connectivity index (χ2n) is 11.0. The summed E-state index contributed by atoms with van der Waals surface area (Å²) in [5, 5.41) is 0. The topological polar surface area (TPSA) is 37.4 Å². The largest absolute Gasteiger partial charge is 0.426 e. The molecule has 1 amide bonds. The number of aryl methyl sites for hydroxylation is 1. The summed E-state index contributed by atoms with van der Waals surface area (Å²) in [5.41, 5.74) is -2.16. The maximum atomic E-state index is 14.8. The van der Waals surface area contributed by atoms with Crippen molar-refractivity contribution in [1.29, 1.82) is 0 Å². The SMILES string of the molecule is CC(F)(c1ccc2c(c1)CC[C@H]1N(C(=O)[C@@H]3CCCC(=O)C3)CC[C@@]21Cc1ccc(F)cc1)C(F)(F)F. The summed E-state index contributed by atoms with van der Waals surface area (Å²) in [6.45, 7) is 1.01. The summed E-state index contributed by atoms with van der Waals surface area (Å²) in [6, 6.07) is 10.1. The molecule has 1 aliphatic heterocycles. The van der Waals surface area contributed by atoms with Gasteiger partial charge in [0.15, 0.2) is 0 Å². The van der Waals surface area contributed by atoms with Crippen LogP contribution in [0.2, 0.25) is 0 Å². The van der Waals surface area contributed by atoms with Crippen LogP contribution in [0.15, 0.2) is 42.5 Å². The molecule has 5 rings (SSSR count). The number of alkyl halides is 4. The Bertz CT molecular complexity index is 1210. The fourth-order valence-electron chi connectivity index (χ4n) is 6.72. The molecule has 8 heteroatoms. The number of rotatable bonds is 4. The molecule has 1 saturated heterocycles. The zero-order valence-corrected chi connectivity index (χ0v) is 20.7. The highest BCUT2D eigenvalue weighted by molar-refractivity contribution is 5.88. The van der Waals surface area contributed by atoms with Crippen LogP contribution in [0.4, 0.5) is 22.0 Å². The number of hydrogen-bond acceptors (Lipinski definition) is 2. The number of nitrogens with zero attached hydrogens (tertiary/aromatic N) is 1. The van der Waals surface area contributed by atoms with Gasteiger partial charge in [-0.15, -0.1) is 0 Å². The van der Waals surface area contributed by atoms with Crippen LogP contribution in [0.1, 0.15) is 67.7 Å². The first-order valence-corrected chi connectivity index (χ1v) is 12.9. The predicted molar refractivity (Wildman–Crippen MR) is 128 cm³/mol. The van der Waals surface area contributed by atoms with E-state index in [1.807, 2.05) is 4.90 Å². The first-order valence-electron chi connectivity index (χ1n) is 12.9. The Kier molecular flexibility index (Phi) is 6.44. The molecule has 2 aromatic rings.